The number of hydrogen-bond donors (Lipinski definition) is 1. The van der Waals surface area contributed by atoms with Crippen molar-refractivity contribution in [2.24, 2.45) is 11.7 Å². The summed E-state index contributed by atoms with van der Waals surface area (Å²) in [6.45, 7) is 4.35. The van der Waals surface area contributed by atoms with Crippen molar-refractivity contribution in [3.05, 3.63) is 35.6 Å². The Hall–Kier alpha value is -0.890. The van der Waals surface area contributed by atoms with E-state index in [4.69, 9.17) is 5.73 Å². The fourth-order valence-electron chi connectivity index (χ4n) is 1.85. The van der Waals surface area contributed by atoms with E-state index >= 15 is 0 Å². The lowest BCUT2D eigenvalue weighted by Gasteiger charge is -2.18. The highest BCUT2D eigenvalue weighted by atomic mass is 19.1. The SMILES string of the molecule is CCC(CC)C[C@@H](N)c1cccc(F)c1. The highest BCUT2D eigenvalue weighted by Gasteiger charge is 2.12. The molecule has 0 aliphatic carbocycles. The third-order valence-electron chi connectivity index (χ3n) is 3.02. The van der Waals surface area contributed by atoms with Crippen molar-refractivity contribution < 1.29 is 4.39 Å². The first kappa shape index (κ1) is 12.2. The van der Waals surface area contributed by atoms with Gasteiger partial charge < -0.3 is 5.73 Å². The molecule has 1 rings (SSSR count). The van der Waals surface area contributed by atoms with Crippen LogP contribution in [0, 0.1) is 11.7 Å². The van der Waals surface area contributed by atoms with Gasteiger partial charge in [0.25, 0.3) is 0 Å². The summed E-state index contributed by atoms with van der Waals surface area (Å²) in [5, 5.41) is 0. The number of halogens is 1. The Balaban J connectivity index is 2.64. The molecule has 1 atom stereocenters. The maximum absolute atomic E-state index is 13.0. The maximum atomic E-state index is 13.0. The van der Waals surface area contributed by atoms with E-state index in [1.165, 1.54) is 12.1 Å². The molecule has 1 aromatic carbocycles. The van der Waals surface area contributed by atoms with Crippen molar-refractivity contribution in [3.8, 4) is 0 Å². The Kier molecular flexibility index (Phi) is 4.76. The van der Waals surface area contributed by atoms with Gasteiger partial charge in [0, 0.05) is 6.04 Å². The van der Waals surface area contributed by atoms with Crippen LogP contribution in [0.25, 0.3) is 0 Å². The molecule has 0 aliphatic heterocycles. The molecule has 0 saturated heterocycles. The molecule has 1 aromatic rings. The minimum absolute atomic E-state index is 0.0365. The first-order chi connectivity index (χ1) is 7.17. The van der Waals surface area contributed by atoms with Crippen LogP contribution in [0.2, 0.25) is 0 Å². The summed E-state index contributed by atoms with van der Waals surface area (Å²) < 4.78 is 13.0. The van der Waals surface area contributed by atoms with Crippen LogP contribution >= 0.6 is 0 Å². The fraction of sp³-hybridized carbons (Fsp3) is 0.538. The molecule has 15 heavy (non-hydrogen) atoms. The van der Waals surface area contributed by atoms with Crippen LogP contribution in [0.15, 0.2) is 24.3 Å². The van der Waals surface area contributed by atoms with Gasteiger partial charge in [0.15, 0.2) is 0 Å². The van der Waals surface area contributed by atoms with Gasteiger partial charge in [-0.05, 0) is 30.0 Å². The number of nitrogens with two attached hydrogens (primary N) is 1. The van der Waals surface area contributed by atoms with Crippen molar-refractivity contribution in [2.75, 3.05) is 0 Å². The van der Waals surface area contributed by atoms with Crippen LogP contribution in [0.4, 0.5) is 4.39 Å². The largest absolute Gasteiger partial charge is 0.324 e. The normalized spacial score (nSPS) is 13.1. The molecule has 2 heteroatoms. The Morgan fingerprint density at radius 2 is 1.93 bits per heavy atom. The lowest BCUT2D eigenvalue weighted by atomic mass is 9.92. The van der Waals surface area contributed by atoms with E-state index in [1.54, 1.807) is 6.07 Å². The van der Waals surface area contributed by atoms with Gasteiger partial charge in [0.05, 0.1) is 0 Å². The van der Waals surface area contributed by atoms with Crippen molar-refractivity contribution in [2.45, 2.75) is 39.2 Å². The zero-order chi connectivity index (χ0) is 11.3. The van der Waals surface area contributed by atoms with Gasteiger partial charge in [-0.25, -0.2) is 4.39 Å². The second-order valence-corrected chi connectivity index (χ2v) is 4.08. The molecule has 0 unspecified atom stereocenters. The van der Waals surface area contributed by atoms with Gasteiger partial charge in [-0.3, -0.25) is 0 Å². The molecule has 0 radical (unpaired) electrons. The predicted octanol–water partition coefficient (Wildman–Crippen LogP) is 3.65. The highest BCUT2D eigenvalue weighted by Crippen LogP contribution is 2.23. The standard InChI is InChI=1S/C13H20FN/c1-3-10(4-2)8-13(15)11-6-5-7-12(14)9-11/h5-7,9-10,13H,3-4,8,15H2,1-2H3/t13-/m1/s1. The highest BCUT2D eigenvalue weighted by molar-refractivity contribution is 5.19. The van der Waals surface area contributed by atoms with Gasteiger partial charge in [-0.15, -0.1) is 0 Å². The zero-order valence-electron chi connectivity index (χ0n) is 9.54. The molecule has 0 heterocycles. The molecule has 0 fully saturated rings. The molecule has 2 N–H and O–H groups in total. The lowest BCUT2D eigenvalue weighted by molar-refractivity contribution is 0.414. The van der Waals surface area contributed by atoms with Gasteiger partial charge in [-0.1, -0.05) is 38.8 Å². The Labute approximate surface area is 91.5 Å². The smallest absolute Gasteiger partial charge is 0.123 e. The Morgan fingerprint density at radius 1 is 1.27 bits per heavy atom. The van der Waals surface area contributed by atoms with Gasteiger partial charge >= 0.3 is 0 Å². The second kappa shape index (κ2) is 5.86. The average Bonchev–Trinajstić information content (AvgIpc) is 2.25. The monoisotopic (exact) mass is 209 g/mol. The van der Waals surface area contributed by atoms with E-state index in [0.29, 0.717) is 5.92 Å². The van der Waals surface area contributed by atoms with E-state index < -0.39 is 0 Å². The maximum Gasteiger partial charge on any atom is 0.123 e. The van der Waals surface area contributed by atoms with E-state index in [2.05, 4.69) is 13.8 Å². The summed E-state index contributed by atoms with van der Waals surface area (Å²) in [5.41, 5.74) is 6.95. The van der Waals surface area contributed by atoms with E-state index in [1.807, 2.05) is 6.07 Å². The summed E-state index contributed by atoms with van der Waals surface area (Å²) >= 11 is 0. The summed E-state index contributed by atoms with van der Waals surface area (Å²) in [4.78, 5) is 0. The van der Waals surface area contributed by atoms with Crippen LogP contribution in [-0.4, -0.2) is 0 Å². The molecular weight excluding hydrogens is 189 g/mol. The molecule has 0 saturated carbocycles. The van der Waals surface area contributed by atoms with E-state index in [0.717, 1.165) is 24.8 Å². The van der Waals surface area contributed by atoms with Crippen molar-refractivity contribution in [1.29, 1.82) is 0 Å². The summed E-state index contributed by atoms with van der Waals surface area (Å²) in [7, 11) is 0. The number of benzene rings is 1. The van der Waals surface area contributed by atoms with Crippen LogP contribution < -0.4 is 5.73 Å². The minimum atomic E-state index is -0.201. The average molecular weight is 209 g/mol. The molecule has 0 spiro atoms. The second-order valence-electron chi connectivity index (χ2n) is 4.08. The van der Waals surface area contributed by atoms with E-state index in [9.17, 15) is 4.39 Å². The summed E-state index contributed by atoms with van der Waals surface area (Å²) in [5.74, 6) is 0.441. The van der Waals surface area contributed by atoms with Crippen LogP contribution in [0.3, 0.4) is 0 Å². The van der Waals surface area contributed by atoms with E-state index in [-0.39, 0.29) is 11.9 Å². The fourth-order valence-corrected chi connectivity index (χ4v) is 1.85. The molecule has 0 aromatic heterocycles. The van der Waals surface area contributed by atoms with Gasteiger partial charge in [0.1, 0.15) is 5.82 Å². The number of rotatable bonds is 5. The van der Waals surface area contributed by atoms with Gasteiger partial charge in [-0.2, -0.15) is 0 Å². The summed E-state index contributed by atoms with van der Waals surface area (Å²) in [6, 6.07) is 6.57. The van der Waals surface area contributed by atoms with Crippen LogP contribution in [0.5, 0.6) is 0 Å². The van der Waals surface area contributed by atoms with Crippen molar-refractivity contribution in [3.63, 3.8) is 0 Å². The van der Waals surface area contributed by atoms with Crippen LogP contribution in [-0.2, 0) is 0 Å². The third kappa shape index (κ3) is 3.63. The molecule has 0 aliphatic rings. The first-order valence-electron chi connectivity index (χ1n) is 5.68. The molecule has 0 amide bonds. The number of hydrogen-bond acceptors (Lipinski definition) is 1. The first-order valence-corrected chi connectivity index (χ1v) is 5.68. The topological polar surface area (TPSA) is 26.0 Å². The zero-order valence-corrected chi connectivity index (χ0v) is 9.54. The van der Waals surface area contributed by atoms with Crippen molar-refractivity contribution in [1.82, 2.24) is 0 Å². The Bertz CT molecular complexity index is 294. The quantitative estimate of drug-likeness (QED) is 0.787. The minimum Gasteiger partial charge on any atom is -0.324 e. The van der Waals surface area contributed by atoms with Crippen LogP contribution in [0.1, 0.15) is 44.7 Å². The van der Waals surface area contributed by atoms with Gasteiger partial charge in [0.2, 0.25) is 0 Å². The molecular formula is C13H20FN. The van der Waals surface area contributed by atoms with Crippen molar-refractivity contribution >= 4 is 0 Å². The summed E-state index contributed by atoms with van der Waals surface area (Å²) in [6.07, 6.45) is 3.22. The third-order valence-corrected chi connectivity index (χ3v) is 3.02. The molecule has 1 nitrogen and oxygen atoms in total. The predicted molar refractivity (Wildman–Crippen MR) is 62.0 cm³/mol. The molecule has 84 valence electrons. The lowest BCUT2D eigenvalue weighted by Crippen LogP contribution is -2.15. The molecule has 0 bridgehead atoms. The Morgan fingerprint density at radius 3 is 2.47 bits per heavy atom.